The van der Waals surface area contributed by atoms with Crippen molar-refractivity contribution in [2.45, 2.75) is 19.9 Å². The summed E-state index contributed by atoms with van der Waals surface area (Å²) >= 11 is 5.70. The Bertz CT molecular complexity index is 1200. The summed E-state index contributed by atoms with van der Waals surface area (Å²) < 4.78 is 24.0. The van der Waals surface area contributed by atoms with Crippen LogP contribution in [0.4, 0.5) is 20.6 Å². The average Bonchev–Trinajstić information content (AvgIpc) is 3.29. The Labute approximate surface area is 199 Å². The number of carbonyl (C=O) groups is 3. The van der Waals surface area contributed by atoms with Gasteiger partial charge in [0.25, 0.3) is 5.89 Å². The summed E-state index contributed by atoms with van der Waals surface area (Å²) in [7, 11) is 1.24. The highest BCUT2D eigenvalue weighted by Crippen LogP contribution is 2.23. The quantitative estimate of drug-likeness (QED) is 0.414. The van der Waals surface area contributed by atoms with Crippen molar-refractivity contribution in [3.8, 4) is 11.3 Å². The molecule has 3 rings (SSSR count). The molecule has 0 unspecified atom stereocenters. The number of amides is 3. The van der Waals surface area contributed by atoms with E-state index in [2.05, 4.69) is 20.9 Å². The topological polar surface area (TPSA) is 123 Å². The van der Waals surface area contributed by atoms with Gasteiger partial charge in [0.1, 0.15) is 11.9 Å². The molecule has 0 bridgehead atoms. The van der Waals surface area contributed by atoms with Crippen LogP contribution in [0.3, 0.4) is 0 Å². The molecule has 178 valence electrons. The molecule has 0 radical (unpaired) electrons. The summed E-state index contributed by atoms with van der Waals surface area (Å²) in [4.78, 5) is 40.4. The number of oxazole rings is 1. The summed E-state index contributed by atoms with van der Waals surface area (Å²) in [5, 5.41) is 7.74. The molecule has 0 spiro atoms. The molecule has 0 saturated carbocycles. The van der Waals surface area contributed by atoms with Crippen molar-refractivity contribution in [1.29, 1.82) is 0 Å². The summed E-state index contributed by atoms with van der Waals surface area (Å²) in [6, 6.07) is 8.91. The van der Waals surface area contributed by atoms with Gasteiger partial charge in [-0.3, -0.25) is 4.79 Å². The predicted molar refractivity (Wildman–Crippen MR) is 124 cm³/mol. The van der Waals surface area contributed by atoms with Crippen LogP contribution < -0.4 is 16.0 Å². The van der Waals surface area contributed by atoms with Gasteiger partial charge < -0.3 is 25.1 Å². The number of carbonyl (C=O) groups excluding carboxylic acids is 3. The Morgan fingerprint density at radius 1 is 1.09 bits per heavy atom. The van der Waals surface area contributed by atoms with E-state index in [1.54, 1.807) is 38.1 Å². The lowest BCUT2D eigenvalue weighted by Gasteiger charge is -2.18. The number of esters is 1. The number of methoxy groups -OCH3 is 1. The van der Waals surface area contributed by atoms with E-state index in [0.29, 0.717) is 17.0 Å². The highest BCUT2D eigenvalue weighted by molar-refractivity contribution is 6.30. The summed E-state index contributed by atoms with van der Waals surface area (Å²) in [6.07, 6.45) is 1.37. The molecular weight excluding hydrogens is 467 g/mol. The third-order valence-corrected chi connectivity index (χ3v) is 4.95. The molecule has 1 aromatic heterocycles. The van der Waals surface area contributed by atoms with Gasteiger partial charge in [-0.2, -0.15) is 0 Å². The Kier molecular flexibility index (Phi) is 7.85. The normalized spacial score (nSPS) is 11.6. The fraction of sp³-hybridized carbons (Fsp3) is 0.217. The molecule has 3 N–H and O–H groups in total. The second-order valence-electron chi connectivity index (χ2n) is 7.53. The zero-order chi connectivity index (χ0) is 24.8. The molecule has 1 atom stereocenters. The number of hydrogen-bond donors (Lipinski definition) is 3. The van der Waals surface area contributed by atoms with E-state index in [1.807, 2.05) is 0 Å². The van der Waals surface area contributed by atoms with E-state index >= 15 is 0 Å². The minimum atomic E-state index is -0.842. The molecule has 3 aromatic rings. The lowest BCUT2D eigenvalue weighted by molar-refractivity contribution is -0.144. The molecule has 0 aliphatic rings. The number of ether oxygens (including phenoxy) is 1. The lowest BCUT2D eigenvalue weighted by Crippen LogP contribution is -2.45. The second-order valence-corrected chi connectivity index (χ2v) is 7.97. The first-order valence-corrected chi connectivity index (χ1v) is 10.5. The summed E-state index contributed by atoms with van der Waals surface area (Å²) in [5.74, 6) is -1.98. The van der Waals surface area contributed by atoms with E-state index in [9.17, 15) is 18.8 Å². The highest BCUT2D eigenvalue weighted by atomic mass is 35.5. The van der Waals surface area contributed by atoms with Crippen LogP contribution >= 0.6 is 11.6 Å². The number of urea groups is 1. The van der Waals surface area contributed by atoms with E-state index < -0.39 is 29.8 Å². The van der Waals surface area contributed by atoms with E-state index in [4.69, 9.17) is 20.8 Å². The third kappa shape index (κ3) is 6.10. The van der Waals surface area contributed by atoms with E-state index in [0.717, 1.165) is 6.07 Å². The van der Waals surface area contributed by atoms with Crippen LogP contribution in [0.15, 0.2) is 53.1 Å². The molecule has 2 aromatic carbocycles. The van der Waals surface area contributed by atoms with Gasteiger partial charge in [-0.1, -0.05) is 25.4 Å². The fourth-order valence-corrected chi connectivity index (χ4v) is 3.09. The number of rotatable bonds is 7. The maximum absolute atomic E-state index is 13.8. The van der Waals surface area contributed by atoms with Gasteiger partial charge in [0.2, 0.25) is 0 Å². The van der Waals surface area contributed by atoms with Gasteiger partial charge in [0.05, 0.1) is 19.0 Å². The number of nitrogens with zero attached hydrogens (tertiary/aromatic N) is 1. The summed E-state index contributed by atoms with van der Waals surface area (Å²) in [5.41, 5.74) is 1.01. The Hall–Kier alpha value is -3.92. The molecule has 9 nitrogen and oxygen atoms in total. The van der Waals surface area contributed by atoms with Gasteiger partial charge in [-0.05, 0) is 48.4 Å². The zero-order valence-electron chi connectivity index (χ0n) is 18.5. The smallest absolute Gasteiger partial charge is 0.328 e. The largest absolute Gasteiger partial charge is 0.467 e. The Balaban J connectivity index is 1.63. The van der Waals surface area contributed by atoms with Gasteiger partial charge in [-0.25, -0.2) is 19.0 Å². The monoisotopic (exact) mass is 488 g/mol. The van der Waals surface area contributed by atoms with Crippen molar-refractivity contribution in [1.82, 2.24) is 10.3 Å². The first-order chi connectivity index (χ1) is 16.2. The molecule has 34 heavy (non-hydrogen) atoms. The number of aromatic nitrogens is 1. The van der Waals surface area contributed by atoms with Crippen molar-refractivity contribution in [3.05, 3.63) is 65.4 Å². The van der Waals surface area contributed by atoms with Gasteiger partial charge >= 0.3 is 17.9 Å². The van der Waals surface area contributed by atoms with Crippen LogP contribution in [0.1, 0.15) is 24.5 Å². The number of nitrogens with one attached hydrogen (secondary N) is 3. The predicted octanol–water partition coefficient (Wildman–Crippen LogP) is 4.71. The standard InChI is InChI=1S/C23H22ClFN4O5/c1-12(2)19(22(31)33-3)29-20(30)21-26-11-18(34-21)13-4-7-15(8-5-13)27-23(32)28-17-9-6-14(24)10-16(17)25/h4-12,19H,1-3H3,(H,29,30)(H2,27,28,32)/t19-/m0/s1. The van der Waals surface area contributed by atoms with Crippen LogP contribution in [-0.4, -0.2) is 36.0 Å². The molecule has 0 aliphatic heterocycles. The van der Waals surface area contributed by atoms with Crippen molar-refractivity contribution in [2.75, 3.05) is 17.7 Å². The molecule has 1 heterocycles. The lowest BCUT2D eigenvalue weighted by atomic mass is 10.0. The van der Waals surface area contributed by atoms with Gasteiger partial charge in [0.15, 0.2) is 5.76 Å². The maximum atomic E-state index is 13.8. The Morgan fingerprint density at radius 3 is 2.41 bits per heavy atom. The summed E-state index contributed by atoms with van der Waals surface area (Å²) in [6.45, 7) is 3.54. The van der Waals surface area contributed by atoms with Crippen LogP contribution in [0.2, 0.25) is 5.02 Å². The average molecular weight is 489 g/mol. The van der Waals surface area contributed by atoms with Crippen LogP contribution in [0, 0.1) is 11.7 Å². The molecule has 0 saturated heterocycles. The molecule has 11 heteroatoms. The molecule has 0 fully saturated rings. The SMILES string of the molecule is COC(=O)[C@@H](NC(=O)c1ncc(-c2ccc(NC(=O)Nc3ccc(Cl)cc3F)cc2)o1)C(C)C. The fourth-order valence-electron chi connectivity index (χ4n) is 2.93. The molecular formula is C23H22ClFN4O5. The van der Waals surface area contributed by atoms with Crippen LogP contribution in [-0.2, 0) is 9.53 Å². The minimum Gasteiger partial charge on any atom is -0.467 e. The number of halogens is 2. The van der Waals surface area contributed by atoms with E-state index in [1.165, 1.54) is 25.4 Å². The van der Waals surface area contributed by atoms with Crippen molar-refractivity contribution in [2.24, 2.45) is 5.92 Å². The zero-order valence-corrected chi connectivity index (χ0v) is 19.3. The van der Waals surface area contributed by atoms with Crippen LogP contribution in [0.25, 0.3) is 11.3 Å². The van der Waals surface area contributed by atoms with E-state index in [-0.39, 0.29) is 22.5 Å². The van der Waals surface area contributed by atoms with Crippen molar-refractivity contribution in [3.63, 3.8) is 0 Å². The second kappa shape index (κ2) is 10.8. The first kappa shape index (κ1) is 24.7. The number of hydrogen-bond acceptors (Lipinski definition) is 6. The molecule has 3 amide bonds. The molecule has 0 aliphatic carbocycles. The first-order valence-electron chi connectivity index (χ1n) is 10.2. The maximum Gasteiger partial charge on any atom is 0.328 e. The third-order valence-electron chi connectivity index (χ3n) is 4.71. The van der Waals surface area contributed by atoms with Crippen LogP contribution in [0.5, 0.6) is 0 Å². The number of anilines is 2. The highest BCUT2D eigenvalue weighted by Gasteiger charge is 2.27. The van der Waals surface area contributed by atoms with Gasteiger partial charge in [0, 0.05) is 16.3 Å². The van der Waals surface area contributed by atoms with Crippen molar-refractivity contribution < 1.29 is 27.9 Å². The Morgan fingerprint density at radius 2 is 1.79 bits per heavy atom. The van der Waals surface area contributed by atoms with Gasteiger partial charge in [-0.15, -0.1) is 0 Å². The number of benzene rings is 2. The minimum absolute atomic E-state index is 0.0158. The van der Waals surface area contributed by atoms with Crippen molar-refractivity contribution >= 4 is 40.9 Å².